The molecule has 0 aromatic heterocycles. The van der Waals surface area contributed by atoms with E-state index in [4.69, 9.17) is 0 Å². The first-order valence-corrected chi connectivity index (χ1v) is 4.01. The Morgan fingerprint density at radius 2 is 2.00 bits per heavy atom. The van der Waals surface area contributed by atoms with Crippen molar-refractivity contribution in [2.24, 2.45) is 0 Å². The number of hydrogen-bond donors (Lipinski definition) is 1. The third kappa shape index (κ3) is 1.51. The molecule has 0 heterocycles. The summed E-state index contributed by atoms with van der Waals surface area (Å²) in [5, 5.41) is 4.70. The van der Waals surface area contributed by atoms with Gasteiger partial charge in [0.15, 0.2) is 0 Å². The molecule has 0 saturated carbocycles. The van der Waals surface area contributed by atoms with Gasteiger partial charge >= 0.3 is 0 Å². The van der Waals surface area contributed by atoms with Crippen molar-refractivity contribution < 1.29 is 4.79 Å². The van der Waals surface area contributed by atoms with Crippen molar-refractivity contribution in [3.05, 3.63) is 42.5 Å². The Balaban J connectivity index is 2.55. The molecule has 0 aliphatic heterocycles. The lowest BCUT2D eigenvalue weighted by Gasteiger charge is -1.99. The third-order valence-electron chi connectivity index (χ3n) is 1.87. The molecular weight excluding hydrogens is 162 g/mol. The van der Waals surface area contributed by atoms with Crippen LogP contribution in [0.5, 0.6) is 0 Å². The zero-order chi connectivity index (χ0) is 9.10. The summed E-state index contributed by atoms with van der Waals surface area (Å²) in [6.07, 6.45) is 0.653. The quantitative estimate of drug-likeness (QED) is 0.688. The SMILES string of the molecule is O=CNc1[c]c2ccccc2cc1. The minimum absolute atomic E-state index is 0.653. The van der Waals surface area contributed by atoms with Gasteiger partial charge in [0.25, 0.3) is 0 Å². The number of nitrogens with one attached hydrogen (secondary N) is 1. The molecule has 2 nitrogen and oxygen atoms in total. The highest BCUT2D eigenvalue weighted by molar-refractivity contribution is 5.86. The van der Waals surface area contributed by atoms with E-state index >= 15 is 0 Å². The van der Waals surface area contributed by atoms with Gasteiger partial charge in [0, 0.05) is 11.8 Å². The van der Waals surface area contributed by atoms with Gasteiger partial charge in [-0.25, -0.2) is 0 Å². The van der Waals surface area contributed by atoms with Gasteiger partial charge in [-0.2, -0.15) is 0 Å². The molecule has 2 heteroatoms. The Morgan fingerprint density at radius 1 is 1.15 bits per heavy atom. The summed E-state index contributed by atoms with van der Waals surface area (Å²) in [5.41, 5.74) is 0.703. The van der Waals surface area contributed by atoms with E-state index in [2.05, 4.69) is 11.4 Å². The van der Waals surface area contributed by atoms with Crippen molar-refractivity contribution in [2.75, 3.05) is 5.32 Å². The van der Waals surface area contributed by atoms with Crippen LogP contribution in [0.25, 0.3) is 10.8 Å². The van der Waals surface area contributed by atoms with Crippen molar-refractivity contribution in [1.82, 2.24) is 0 Å². The van der Waals surface area contributed by atoms with Gasteiger partial charge in [0.2, 0.25) is 6.41 Å². The Labute approximate surface area is 76.2 Å². The normalized spacial score (nSPS) is 9.85. The van der Waals surface area contributed by atoms with E-state index in [1.165, 1.54) is 0 Å². The second-order valence-electron chi connectivity index (χ2n) is 2.72. The molecule has 0 fully saturated rings. The molecule has 1 amide bonds. The summed E-state index contributed by atoms with van der Waals surface area (Å²) in [4.78, 5) is 10.2. The van der Waals surface area contributed by atoms with Crippen LogP contribution in [0.3, 0.4) is 0 Å². The minimum atomic E-state index is 0.653. The van der Waals surface area contributed by atoms with E-state index in [1.54, 1.807) is 0 Å². The Hall–Kier alpha value is -1.83. The second-order valence-corrected chi connectivity index (χ2v) is 2.72. The van der Waals surface area contributed by atoms with Gasteiger partial charge in [-0.15, -0.1) is 0 Å². The highest BCUT2D eigenvalue weighted by atomic mass is 16.1. The molecule has 63 valence electrons. The first-order chi connectivity index (χ1) is 6.40. The molecular formula is C11H8NO. The summed E-state index contributed by atoms with van der Waals surface area (Å²) in [6, 6.07) is 14.8. The summed E-state index contributed by atoms with van der Waals surface area (Å²) in [6.45, 7) is 0. The predicted octanol–water partition coefficient (Wildman–Crippen LogP) is 2.21. The molecule has 0 aliphatic carbocycles. The van der Waals surface area contributed by atoms with Crippen LogP contribution < -0.4 is 5.32 Å². The molecule has 0 aliphatic rings. The number of rotatable bonds is 2. The predicted molar refractivity (Wildman–Crippen MR) is 52.5 cm³/mol. The average molecular weight is 170 g/mol. The summed E-state index contributed by atoms with van der Waals surface area (Å²) < 4.78 is 0. The molecule has 2 aromatic carbocycles. The summed E-state index contributed by atoms with van der Waals surface area (Å²) >= 11 is 0. The van der Waals surface area contributed by atoms with Crippen molar-refractivity contribution in [1.29, 1.82) is 0 Å². The number of anilines is 1. The van der Waals surface area contributed by atoms with Gasteiger partial charge in [0.1, 0.15) is 0 Å². The van der Waals surface area contributed by atoms with Crippen LogP contribution in [0, 0.1) is 6.07 Å². The zero-order valence-corrected chi connectivity index (χ0v) is 6.95. The first-order valence-electron chi connectivity index (χ1n) is 4.01. The maximum Gasteiger partial charge on any atom is 0.211 e. The largest absolute Gasteiger partial charge is 0.328 e. The van der Waals surface area contributed by atoms with Crippen molar-refractivity contribution >= 4 is 22.9 Å². The standard InChI is InChI=1S/C11H8NO/c13-8-12-11-6-5-9-3-1-2-4-10(9)7-11/h1-6,8H,(H,12,13). The maximum absolute atomic E-state index is 10.2. The monoisotopic (exact) mass is 170 g/mol. The molecule has 0 bridgehead atoms. The van der Waals surface area contributed by atoms with Gasteiger partial charge in [-0.1, -0.05) is 30.3 Å². The fourth-order valence-corrected chi connectivity index (χ4v) is 1.26. The summed E-state index contributed by atoms with van der Waals surface area (Å²) in [7, 11) is 0. The molecule has 2 aromatic rings. The fourth-order valence-electron chi connectivity index (χ4n) is 1.26. The highest BCUT2D eigenvalue weighted by Gasteiger charge is 1.94. The number of hydrogen-bond acceptors (Lipinski definition) is 1. The van der Waals surface area contributed by atoms with Gasteiger partial charge in [0.05, 0.1) is 0 Å². The topological polar surface area (TPSA) is 29.1 Å². The number of carbonyl (C=O) groups is 1. The van der Waals surface area contributed by atoms with Crippen LogP contribution >= 0.6 is 0 Å². The smallest absolute Gasteiger partial charge is 0.211 e. The fraction of sp³-hybridized carbons (Fsp3) is 0. The lowest BCUT2D eigenvalue weighted by Crippen LogP contribution is -1.92. The molecule has 13 heavy (non-hydrogen) atoms. The van der Waals surface area contributed by atoms with Crippen LogP contribution in [-0.4, -0.2) is 6.41 Å². The number of carbonyl (C=O) groups excluding carboxylic acids is 1. The van der Waals surface area contributed by atoms with E-state index in [9.17, 15) is 4.79 Å². The molecule has 0 unspecified atom stereocenters. The van der Waals surface area contributed by atoms with Crippen LogP contribution in [0.2, 0.25) is 0 Å². The number of fused-ring (bicyclic) bond motifs is 1. The molecule has 0 spiro atoms. The Kier molecular flexibility index (Phi) is 1.96. The second kappa shape index (κ2) is 3.27. The van der Waals surface area contributed by atoms with E-state index < -0.39 is 0 Å². The third-order valence-corrected chi connectivity index (χ3v) is 1.87. The summed E-state index contributed by atoms with van der Waals surface area (Å²) in [5.74, 6) is 0. The lowest BCUT2D eigenvalue weighted by atomic mass is 10.1. The van der Waals surface area contributed by atoms with E-state index in [1.807, 2.05) is 36.4 Å². The van der Waals surface area contributed by atoms with Gasteiger partial charge in [-0.05, 0) is 16.8 Å². The minimum Gasteiger partial charge on any atom is -0.328 e. The number of amides is 1. The molecule has 0 atom stereocenters. The van der Waals surface area contributed by atoms with Crippen LogP contribution in [-0.2, 0) is 4.79 Å². The van der Waals surface area contributed by atoms with Crippen molar-refractivity contribution in [3.63, 3.8) is 0 Å². The molecule has 1 N–H and O–H groups in total. The van der Waals surface area contributed by atoms with E-state index in [0.29, 0.717) is 12.1 Å². The van der Waals surface area contributed by atoms with Crippen molar-refractivity contribution in [2.45, 2.75) is 0 Å². The Bertz CT molecular complexity index is 437. The van der Waals surface area contributed by atoms with Crippen LogP contribution in [0.15, 0.2) is 36.4 Å². The number of benzene rings is 2. The van der Waals surface area contributed by atoms with Gasteiger partial charge in [-0.3, -0.25) is 4.79 Å². The maximum atomic E-state index is 10.2. The van der Waals surface area contributed by atoms with Crippen LogP contribution in [0.1, 0.15) is 0 Å². The van der Waals surface area contributed by atoms with Crippen LogP contribution in [0.4, 0.5) is 5.69 Å². The molecule has 1 radical (unpaired) electrons. The first kappa shape index (κ1) is 7.80. The van der Waals surface area contributed by atoms with Gasteiger partial charge < -0.3 is 5.32 Å². The average Bonchev–Trinajstić information content (AvgIpc) is 2.18. The molecule has 2 rings (SSSR count). The Morgan fingerprint density at radius 3 is 2.85 bits per heavy atom. The highest BCUT2D eigenvalue weighted by Crippen LogP contribution is 2.17. The zero-order valence-electron chi connectivity index (χ0n) is 6.95. The van der Waals surface area contributed by atoms with E-state index in [-0.39, 0.29) is 0 Å². The molecule has 0 saturated heterocycles. The van der Waals surface area contributed by atoms with Crippen molar-refractivity contribution in [3.8, 4) is 0 Å². The van der Waals surface area contributed by atoms with E-state index in [0.717, 1.165) is 10.8 Å². The lowest BCUT2D eigenvalue weighted by molar-refractivity contribution is -0.105.